The van der Waals surface area contributed by atoms with Crippen molar-refractivity contribution in [1.29, 1.82) is 0 Å². The molecular weight excluding hydrogens is 334 g/mol. The lowest BCUT2D eigenvalue weighted by Crippen LogP contribution is -2.56. The average Bonchev–Trinajstić information content (AvgIpc) is 2.61. The number of methoxy groups -OCH3 is 2. The second kappa shape index (κ2) is 8.40. The normalized spacial score (nSPS) is 20.8. The molecule has 0 aromatic heterocycles. The number of ether oxygens (including phenoxy) is 2. The van der Waals surface area contributed by atoms with Crippen LogP contribution in [-0.4, -0.2) is 56.1 Å². The maximum Gasteiger partial charge on any atom is 0.237 e. The van der Waals surface area contributed by atoms with Crippen LogP contribution < -0.4 is 20.1 Å². The van der Waals surface area contributed by atoms with Crippen LogP contribution in [0.2, 0.25) is 0 Å². The summed E-state index contributed by atoms with van der Waals surface area (Å²) in [7, 11) is 3.21. The fourth-order valence-corrected chi connectivity index (χ4v) is 3.49. The Morgan fingerprint density at radius 1 is 1.31 bits per heavy atom. The van der Waals surface area contributed by atoms with Gasteiger partial charge in [0.1, 0.15) is 0 Å². The maximum absolute atomic E-state index is 12.4. The van der Waals surface area contributed by atoms with Crippen LogP contribution in [0.1, 0.15) is 31.2 Å². The van der Waals surface area contributed by atoms with Gasteiger partial charge in [-0.1, -0.05) is 12.1 Å². The molecule has 0 radical (unpaired) electrons. The molecule has 1 heterocycles. The van der Waals surface area contributed by atoms with Gasteiger partial charge in [0.2, 0.25) is 11.8 Å². The van der Waals surface area contributed by atoms with Crippen molar-refractivity contribution < 1.29 is 19.1 Å². The van der Waals surface area contributed by atoms with Crippen LogP contribution in [-0.2, 0) is 16.1 Å². The molecule has 1 saturated carbocycles. The molecule has 0 bridgehead atoms. The fourth-order valence-electron chi connectivity index (χ4n) is 3.49. The number of carbonyl (C=O) groups excluding carboxylic acids is 2. The molecule has 1 atom stereocenters. The van der Waals surface area contributed by atoms with Crippen LogP contribution in [0.4, 0.5) is 0 Å². The summed E-state index contributed by atoms with van der Waals surface area (Å²) in [6.07, 6.45) is 3.41. The molecule has 3 rings (SSSR count). The second-order valence-corrected chi connectivity index (χ2v) is 6.83. The summed E-state index contributed by atoms with van der Waals surface area (Å²) in [4.78, 5) is 26.7. The zero-order valence-corrected chi connectivity index (χ0v) is 15.4. The van der Waals surface area contributed by atoms with E-state index < -0.39 is 6.04 Å². The standard InChI is InChI=1S/C19H27N3O4/c1-25-16-8-3-5-13(18(16)26-2)12-22-10-9-20-19(24)15(22)11-17(23)21-14-6-4-7-14/h3,5,8,14-15H,4,6-7,9-12H2,1-2H3,(H,20,24)(H,21,23). The van der Waals surface area contributed by atoms with Crippen molar-refractivity contribution in [3.63, 3.8) is 0 Å². The molecule has 2 aliphatic rings. The van der Waals surface area contributed by atoms with E-state index in [1.54, 1.807) is 14.2 Å². The molecule has 0 spiro atoms. The highest BCUT2D eigenvalue weighted by Gasteiger charge is 2.33. The lowest BCUT2D eigenvalue weighted by molar-refractivity contribution is -0.134. The summed E-state index contributed by atoms with van der Waals surface area (Å²) in [6.45, 7) is 1.79. The van der Waals surface area contributed by atoms with E-state index in [0.29, 0.717) is 31.1 Å². The molecule has 2 fully saturated rings. The Bertz CT molecular complexity index is 660. The van der Waals surface area contributed by atoms with Gasteiger partial charge >= 0.3 is 0 Å². The first-order valence-electron chi connectivity index (χ1n) is 9.13. The van der Waals surface area contributed by atoms with E-state index in [1.165, 1.54) is 0 Å². The van der Waals surface area contributed by atoms with E-state index >= 15 is 0 Å². The summed E-state index contributed by atoms with van der Waals surface area (Å²) in [5.41, 5.74) is 0.936. The summed E-state index contributed by atoms with van der Waals surface area (Å²) in [5.74, 6) is 1.17. The van der Waals surface area contributed by atoms with E-state index in [1.807, 2.05) is 23.1 Å². The first-order valence-corrected chi connectivity index (χ1v) is 9.13. The summed E-state index contributed by atoms with van der Waals surface area (Å²) < 4.78 is 10.8. The number of hydrogen-bond donors (Lipinski definition) is 2. The Morgan fingerprint density at radius 2 is 2.12 bits per heavy atom. The van der Waals surface area contributed by atoms with Gasteiger partial charge in [-0.25, -0.2) is 0 Å². The Kier molecular flexibility index (Phi) is 5.98. The predicted octanol–water partition coefficient (Wildman–Crippen LogP) is 1.06. The van der Waals surface area contributed by atoms with Crippen molar-refractivity contribution in [2.45, 2.75) is 44.3 Å². The molecule has 26 heavy (non-hydrogen) atoms. The number of benzene rings is 1. The number of carbonyl (C=O) groups is 2. The van der Waals surface area contributed by atoms with Gasteiger partial charge in [-0.2, -0.15) is 0 Å². The van der Waals surface area contributed by atoms with Crippen molar-refractivity contribution in [3.05, 3.63) is 23.8 Å². The molecular formula is C19H27N3O4. The molecule has 1 aromatic carbocycles. The minimum absolute atomic E-state index is 0.0562. The number of para-hydroxylation sites is 1. The van der Waals surface area contributed by atoms with Gasteiger partial charge in [0, 0.05) is 31.2 Å². The third-order valence-electron chi connectivity index (χ3n) is 5.15. The van der Waals surface area contributed by atoms with E-state index in [4.69, 9.17) is 9.47 Å². The number of nitrogens with zero attached hydrogens (tertiary/aromatic N) is 1. The molecule has 7 nitrogen and oxygen atoms in total. The molecule has 142 valence electrons. The summed E-state index contributed by atoms with van der Waals surface area (Å²) in [5, 5.41) is 5.89. The molecule has 2 N–H and O–H groups in total. The van der Waals surface area contributed by atoms with Crippen molar-refractivity contribution in [1.82, 2.24) is 15.5 Å². The van der Waals surface area contributed by atoms with Crippen molar-refractivity contribution >= 4 is 11.8 Å². The molecule has 1 saturated heterocycles. The van der Waals surface area contributed by atoms with E-state index in [-0.39, 0.29) is 24.3 Å². The zero-order valence-electron chi connectivity index (χ0n) is 15.4. The van der Waals surface area contributed by atoms with Gasteiger partial charge in [-0.15, -0.1) is 0 Å². The van der Waals surface area contributed by atoms with E-state index in [9.17, 15) is 9.59 Å². The Morgan fingerprint density at radius 3 is 2.77 bits per heavy atom. The van der Waals surface area contributed by atoms with Crippen LogP contribution >= 0.6 is 0 Å². The van der Waals surface area contributed by atoms with Crippen molar-refractivity contribution in [3.8, 4) is 11.5 Å². The third-order valence-corrected chi connectivity index (χ3v) is 5.15. The van der Waals surface area contributed by atoms with Crippen LogP contribution in [0.3, 0.4) is 0 Å². The van der Waals surface area contributed by atoms with Crippen LogP contribution in [0.5, 0.6) is 11.5 Å². The van der Waals surface area contributed by atoms with Gasteiger partial charge in [0.15, 0.2) is 11.5 Å². The Hall–Kier alpha value is -2.28. The first kappa shape index (κ1) is 18.5. The number of amides is 2. The Balaban J connectivity index is 1.71. The second-order valence-electron chi connectivity index (χ2n) is 6.83. The van der Waals surface area contributed by atoms with Crippen LogP contribution in [0.25, 0.3) is 0 Å². The minimum atomic E-state index is -0.472. The molecule has 7 heteroatoms. The largest absolute Gasteiger partial charge is 0.493 e. The highest BCUT2D eigenvalue weighted by atomic mass is 16.5. The van der Waals surface area contributed by atoms with Crippen molar-refractivity contribution in [2.75, 3.05) is 27.3 Å². The quantitative estimate of drug-likeness (QED) is 0.759. The monoisotopic (exact) mass is 361 g/mol. The fraction of sp³-hybridized carbons (Fsp3) is 0.579. The third kappa shape index (κ3) is 4.09. The van der Waals surface area contributed by atoms with Crippen molar-refractivity contribution in [2.24, 2.45) is 0 Å². The lowest BCUT2D eigenvalue weighted by Gasteiger charge is -2.35. The summed E-state index contributed by atoms with van der Waals surface area (Å²) >= 11 is 0. The Labute approximate surface area is 154 Å². The number of rotatable bonds is 7. The maximum atomic E-state index is 12.4. The number of nitrogens with one attached hydrogen (secondary N) is 2. The average molecular weight is 361 g/mol. The highest BCUT2D eigenvalue weighted by molar-refractivity contribution is 5.89. The van der Waals surface area contributed by atoms with E-state index in [0.717, 1.165) is 24.8 Å². The molecule has 1 aromatic rings. The highest BCUT2D eigenvalue weighted by Crippen LogP contribution is 2.32. The molecule has 2 amide bonds. The smallest absolute Gasteiger partial charge is 0.237 e. The summed E-state index contributed by atoms with van der Waals surface area (Å²) in [6, 6.07) is 5.51. The van der Waals surface area contributed by atoms with Crippen LogP contribution in [0.15, 0.2) is 18.2 Å². The zero-order chi connectivity index (χ0) is 18.5. The molecule has 1 aliphatic heterocycles. The predicted molar refractivity (Wildman–Crippen MR) is 97.2 cm³/mol. The first-order chi connectivity index (χ1) is 12.6. The minimum Gasteiger partial charge on any atom is -0.493 e. The van der Waals surface area contributed by atoms with Gasteiger partial charge in [0.25, 0.3) is 0 Å². The van der Waals surface area contributed by atoms with E-state index in [2.05, 4.69) is 10.6 Å². The lowest BCUT2D eigenvalue weighted by atomic mass is 9.93. The van der Waals surface area contributed by atoms with Crippen LogP contribution in [0, 0.1) is 0 Å². The number of piperazine rings is 1. The number of hydrogen-bond acceptors (Lipinski definition) is 5. The van der Waals surface area contributed by atoms with Gasteiger partial charge in [0.05, 0.1) is 26.7 Å². The topological polar surface area (TPSA) is 79.9 Å². The van der Waals surface area contributed by atoms with Gasteiger partial charge in [-0.05, 0) is 25.3 Å². The molecule has 1 aliphatic carbocycles. The van der Waals surface area contributed by atoms with Gasteiger partial charge in [-0.3, -0.25) is 14.5 Å². The van der Waals surface area contributed by atoms with Gasteiger partial charge < -0.3 is 20.1 Å². The SMILES string of the molecule is COc1cccc(CN2CCNC(=O)C2CC(=O)NC2CCC2)c1OC. The molecule has 1 unspecified atom stereocenters.